The number of nitrogen functional groups attached to an aromatic ring is 1. The summed E-state index contributed by atoms with van der Waals surface area (Å²) in [6.45, 7) is 2.58. The van der Waals surface area contributed by atoms with Crippen molar-refractivity contribution in [1.29, 1.82) is 0 Å². The van der Waals surface area contributed by atoms with Crippen LogP contribution in [-0.4, -0.2) is 13.2 Å². The topological polar surface area (TPSA) is 44.5 Å². The second-order valence-electron chi connectivity index (χ2n) is 4.29. The van der Waals surface area contributed by atoms with Gasteiger partial charge in [0.2, 0.25) is 0 Å². The molecule has 106 valence electrons. The van der Waals surface area contributed by atoms with Crippen LogP contribution in [0.4, 0.5) is 10.1 Å². The van der Waals surface area contributed by atoms with Crippen LogP contribution in [0, 0.1) is 12.7 Å². The Morgan fingerprint density at radius 1 is 1.10 bits per heavy atom. The van der Waals surface area contributed by atoms with Crippen LogP contribution in [0.3, 0.4) is 0 Å². The Kier molecular flexibility index (Phi) is 4.69. The molecule has 0 aromatic heterocycles. The number of hydrogen-bond donors (Lipinski definition) is 1. The van der Waals surface area contributed by atoms with Gasteiger partial charge in [0.1, 0.15) is 30.5 Å². The monoisotopic (exact) mass is 295 g/mol. The Hall–Kier alpha value is -1.94. The van der Waals surface area contributed by atoms with Crippen molar-refractivity contribution < 1.29 is 13.9 Å². The van der Waals surface area contributed by atoms with Gasteiger partial charge in [-0.25, -0.2) is 4.39 Å². The van der Waals surface area contributed by atoms with Crippen molar-refractivity contribution in [1.82, 2.24) is 0 Å². The summed E-state index contributed by atoms with van der Waals surface area (Å²) in [6.07, 6.45) is 0. The van der Waals surface area contributed by atoms with Crippen LogP contribution in [0.15, 0.2) is 36.4 Å². The highest BCUT2D eigenvalue weighted by Gasteiger charge is 2.03. The molecule has 0 bridgehead atoms. The molecule has 0 fully saturated rings. The van der Waals surface area contributed by atoms with E-state index in [1.54, 1.807) is 6.07 Å². The highest BCUT2D eigenvalue weighted by molar-refractivity contribution is 6.32. The third-order valence-corrected chi connectivity index (χ3v) is 3.05. The summed E-state index contributed by atoms with van der Waals surface area (Å²) in [4.78, 5) is 0. The Labute approximate surface area is 122 Å². The molecule has 5 heteroatoms. The minimum atomic E-state index is -0.395. The SMILES string of the molecule is Cc1ccc(OCCOc2ccc(F)cc2Cl)cc1N. The first kappa shape index (κ1) is 14.5. The fourth-order valence-corrected chi connectivity index (χ4v) is 1.83. The lowest BCUT2D eigenvalue weighted by Crippen LogP contribution is -2.09. The second-order valence-corrected chi connectivity index (χ2v) is 4.70. The van der Waals surface area contributed by atoms with Crippen molar-refractivity contribution in [3.63, 3.8) is 0 Å². The number of rotatable bonds is 5. The molecule has 0 aliphatic carbocycles. The quantitative estimate of drug-likeness (QED) is 0.673. The van der Waals surface area contributed by atoms with Gasteiger partial charge in [-0.05, 0) is 36.8 Å². The van der Waals surface area contributed by atoms with E-state index in [0.29, 0.717) is 30.4 Å². The molecule has 0 radical (unpaired) electrons. The first-order valence-corrected chi connectivity index (χ1v) is 6.51. The zero-order chi connectivity index (χ0) is 14.5. The van der Waals surface area contributed by atoms with E-state index in [1.807, 2.05) is 19.1 Å². The molecule has 0 heterocycles. The fourth-order valence-electron chi connectivity index (χ4n) is 1.61. The lowest BCUT2D eigenvalue weighted by Gasteiger charge is -2.10. The van der Waals surface area contributed by atoms with Gasteiger partial charge in [0, 0.05) is 11.8 Å². The molecule has 0 amide bonds. The molecular weight excluding hydrogens is 281 g/mol. The van der Waals surface area contributed by atoms with Gasteiger partial charge in [-0.1, -0.05) is 17.7 Å². The lowest BCUT2D eigenvalue weighted by molar-refractivity contribution is 0.217. The summed E-state index contributed by atoms with van der Waals surface area (Å²) in [5.41, 5.74) is 7.48. The molecule has 2 aromatic rings. The Morgan fingerprint density at radius 2 is 1.85 bits per heavy atom. The van der Waals surface area contributed by atoms with Crippen molar-refractivity contribution in [3.05, 3.63) is 52.8 Å². The number of benzene rings is 2. The molecule has 0 saturated heterocycles. The van der Waals surface area contributed by atoms with E-state index in [9.17, 15) is 4.39 Å². The predicted octanol–water partition coefficient (Wildman–Crippen LogP) is 3.83. The molecular formula is C15H15ClFNO2. The maximum absolute atomic E-state index is 12.9. The predicted molar refractivity (Wildman–Crippen MR) is 78.0 cm³/mol. The third kappa shape index (κ3) is 3.78. The van der Waals surface area contributed by atoms with Crippen LogP contribution in [-0.2, 0) is 0 Å². The Balaban J connectivity index is 1.82. The van der Waals surface area contributed by atoms with Gasteiger partial charge in [-0.15, -0.1) is 0 Å². The molecule has 2 rings (SSSR count). The van der Waals surface area contributed by atoms with Crippen molar-refractivity contribution in [3.8, 4) is 11.5 Å². The highest BCUT2D eigenvalue weighted by Crippen LogP contribution is 2.25. The zero-order valence-electron chi connectivity index (χ0n) is 11.0. The van der Waals surface area contributed by atoms with Crippen molar-refractivity contribution in [2.24, 2.45) is 0 Å². The van der Waals surface area contributed by atoms with E-state index in [0.717, 1.165) is 5.56 Å². The number of anilines is 1. The van der Waals surface area contributed by atoms with Crippen LogP contribution in [0.1, 0.15) is 5.56 Å². The van der Waals surface area contributed by atoms with Gasteiger partial charge in [0.25, 0.3) is 0 Å². The third-order valence-electron chi connectivity index (χ3n) is 2.75. The van der Waals surface area contributed by atoms with Crippen LogP contribution >= 0.6 is 11.6 Å². The largest absolute Gasteiger partial charge is 0.490 e. The smallest absolute Gasteiger partial charge is 0.138 e. The molecule has 0 spiro atoms. The van der Waals surface area contributed by atoms with Gasteiger partial charge in [-0.3, -0.25) is 0 Å². The second kappa shape index (κ2) is 6.48. The summed E-state index contributed by atoms with van der Waals surface area (Å²) in [5.74, 6) is 0.718. The summed E-state index contributed by atoms with van der Waals surface area (Å²) < 4.78 is 23.8. The van der Waals surface area contributed by atoms with E-state index in [-0.39, 0.29) is 5.02 Å². The molecule has 0 unspecified atom stereocenters. The normalized spacial score (nSPS) is 10.3. The highest BCUT2D eigenvalue weighted by atomic mass is 35.5. The van der Waals surface area contributed by atoms with Crippen LogP contribution in [0.5, 0.6) is 11.5 Å². The van der Waals surface area contributed by atoms with E-state index < -0.39 is 5.82 Å². The standard InChI is InChI=1S/C15H15ClFNO2/c1-10-2-4-12(9-14(10)18)19-6-7-20-15-5-3-11(17)8-13(15)16/h2-5,8-9H,6-7,18H2,1H3. The lowest BCUT2D eigenvalue weighted by atomic mass is 10.2. The summed E-state index contributed by atoms with van der Waals surface area (Å²) >= 11 is 5.84. The molecule has 2 N–H and O–H groups in total. The average Bonchev–Trinajstić information content (AvgIpc) is 2.40. The van der Waals surface area contributed by atoms with E-state index in [4.69, 9.17) is 26.8 Å². The number of halogens is 2. The summed E-state index contributed by atoms with van der Waals surface area (Å²) in [6, 6.07) is 9.49. The molecule has 20 heavy (non-hydrogen) atoms. The molecule has 0 aliphatic heterocycles. The number of nitrogens with two attached hydrogens (primary N) is 1. The molecule has 0 saturated carbocycles. The summed E-state index contributed by atoms with van der Waals surface area (Å²) in [5, 5.41) is 0.240. The van der Waals surface area contributed by atoms with Gasteiger partial charge in [-0.2, -0.15) is 0 Å². The summed E-state index contributed by atoms with van der Waals surface area (Å²) in [7, 11) is 0. The van der Waals surface area contributed by atoms with Crippen LogP contribution in [0.25, 0.3) is 0 Å². The van der Waals surface area contributed by atoms with E-state index in [2.05, 4.69) is 0 Å². The zero-order valence-corrected chi connectivity index (χ0v) is 11.8. The van der Waals surface area contributed by atoms with Gasteiger partial charge in [0.05, 0.1) is 5.02 Å². The van der Waals surface area contributed by atoms with Crippen molar-refractivity contribution >= 4 is 17.3 Å². The number of aryl methyl sites for hydroxylation is 1. The minimum Gasteiger partial charge on any atom is -0.490 e. The van der Waals surface area contributed by atoms with Crippen molar-refractivity contribution in [2.75, 3.05) is 18.9 Å². The maximum Gasteiger partial charge on any atom is 0.138 e. The van der Waals surface area contributed by atoms with Crippen LogP contribution < -0.4 is 15.2 Å². The molecule has 0 aliphatic rings. The fraction of sp³-hybridized carbons (Fsp3) is 0.200. The maximum atomic E-state index is 12.9. The van der Waals surface area contributed by atoms with Gasteiger partial charge >= 0.3 is 0 Å². The van der Waals surface area contributed by atoms with E-state index >= 15 is 0 Å². The van der Waals surface area contributed by atoms with E-state index in [1.165, 1.54) is 18.2 Å². The molecule has 0 atom stereocenters. The Morgan fingerprint density at radius 3 is 2.55 bits per heavy atom. The number of ether oxygens (including phenoxy) is 2. The average molecular weight is 296 g/mol. The van der Waals surface area contributed by atoms with Crippen molar-refractivity contribution in [2.45, 2.75) is 6.92 Å². The first-order valence-electron chi connectivity index (χ1n) is 6.13. The number of hydrogen-bond acceptors (Lipinski definition) is 3. The first-order chi connectivity index (χ1) is 9.56. The molecule has 3 nitrogen and oxygen atoms in total. The Bertz CT molecular complexity index is 604. The van der Waals surface area contributed by atoms with Gasteiger partial charge in [0.15, 0.2) is 0 Å². The molecule has 2 aromatic carbocycles. The van der Waals surface area contributed by atoms with Crippen LogP contribution in [0.2, 0.25) is 5.02 Å². The minimum absolute atomic E-state index is 0.240. The van der Waals surface area contributed by atoms with Gasteiger partial charge < -0.3 is 15.2 Å².